The van der Waals surface area contributed by atoms with Crippen LogP contribution in [0.15, 0.2) is 34.8 Å². The minimum Gasteiger partial charge on any atom is -0.389 e. The number of aliphatic hydroxyl groups is 1. The number of hydrogen-bond donors (Lipinski definition) is 2. The highest BCUT2D eigenvalue weighted by molar-refractivity contribution is 9.10. The van der Waals surface area contributed by atoms with Crippen LogP contribution in [0.3, 0.4) is 0 Å². The van der Waals surface area contributed by atoms with Gasteiger partial charge in [-0.25, -0.2) is 0 Å². The van der Waals surface area contributed by atoms with Crippen LogP contribution in [0.25, 0.3) is 10.8 Å². The Balaban J connectivity index is 2.68. The zero-order valence-electron chi connectivity index (χ0n) is 10.4. The first-order valence-electron chi connectivity index (χ1n) is 5.76. The smallest absolute Gasteiger partial charge is 0.344 e. The van der Waals surface area contributed by atoms with Crippen LogP contribution in [-0.4, -0.2) is 10.00 Å². The summed E-state index contributed by atoms with van der Waals surface area (Å²) >= 11 is 3.01. The molecule has 0 bridgehead atoms. The topological polar surface area (TPSA) is 57.5 Å². The minimum atomic E-state index is -4.04. The van der Waals surface area contributed by atoms with Gasteiger partial charge in [0.05, 0.1) is 6.10 Å². The molecule has 0 saturated heterocycles. The van der Waals surface area contributed by atoms with E-state index in [-0.39, 0.29) is 4.47 Å². The number of benzene rings is 2. The summed E-state index contributed by atoms with van der Waals surface area (Å²) in [5.74, 6) is 0. The van der Waals surface area contributed by atoms with E-state index >= 15 is 0 Å². The molecule has 2 N–H and O–H groups in total. The molecule has 0 aromatic heterocycles. The lowest BCUT2D eigenvalue weighted by molar-refractivity contribution is 0.0808. The SMILES string of the molecule is CC(O)c1ccc2cc(Br)c(C(F)(F)[PH](=O)O)cc2c1. The van der Waals surface area contributed by atoms with Gasteiger partial charge in [0.25, 0.3) is 8.03 Å². The first-order chi connectivity index (χ1) is 9.23. The van der Waals surface area contributed by atoms with Crippen molar-refractivity contribution in [2.75, 3.05) is 0 Å². The van der Waals surface area contributed by atoms with Crippen molar-refractivity contribution in [1.29, 1.82) is 0 Å². The van der Waals surface area contributed by atoms with Crippen molar-refractivity contribution < 1.29 is 23.3 Å². The lowest BCUT2D eigenvalue weighted by Gasteiger charge is -2.16. The third-order valence-corrected chi connectivity index (χ3v) is 4.50. The molecular weight excluding hydrogens is 353 g/mol. The lowest BCUT2D eigenvalue weighted by Crippen LogP contribution is -2.08. The summed E-state index contributed by atoms with van der Waals surface area (Å²) in [6.07, 6.45) is -0.719. The maximum absolute atomic E-state index is 13.7. The Labute approximate surface area is 123 Å². The second-order valence-electron chi connectivity index (χ2n) is 4.49. The van der Waals surface area contributed by atoms with E-state index in [1.54, 1.807) is 25.1 Å². The molecule has 2 atom stereocenters. The second-order valence-corrected chi connectivity index (χ2v) is 6.59. The second kappa shape index (κ2) is 5.53. The third-order valence-electron chi connectivity index (χ3n) is 3.04. The molecular formula is C13H12BrF2O3P. The number of alkyl halides is 2. The molecule has 0 aliphatic rings. The summed E-state index contributed by atoms with van der Waals surface area (Å²) < 4.78 is 38.4. The molecule has 2 rings (SSSR count). The van der Waals surface area contributed by atoms with Crippen LogP contribution in [0.4, 0.5) is 8.78 Å². The molecule has 0 aliphatic heterocycles. The lowest BCUT2D eigenvalue weighted by atomic mass is 10.0. The van der Waals surface area contributed by atoms with E-state index in [2.05, 4.69) is 15.9 Å². The quantitative estimate of drug-likeness (QED) is 0.803. The molecule has 0 saturated carbocycles. The van der Waals surface area contributed by atoms with E-state index < -0.39 is 25.4 Å². The van der Waals surface area contributed by atoms with Crippen LogP contribution in [0, 0.1) is 0 Å². The van der Waals surface area contributed by atoms with Gasteiger partial charge in [-0.05, 0) is 41.5 Å². The summed E-state index contributed by atoms with van der Waals surface area (Å²) in [5, 5.41) is 10.7. The van der Waals surface area contributed by atoms with Crippen LogP contribution in [0.5, 0.6) is 0 Å². The molecule has 20 heavy (non-hydrogen) atoms. The highest BCUT2D eigenvalue weighted by Gasteiger charge is 2.39. The minimum absolute atomic E-state index is 0.0761. The van der Waals surface area contributed by atoms with Crippen molar-refractivity contribution in [3.8, 4) is 0 Å². The van der Waals surface area contributed by atoms with Gasteiger partial charge in [0, 0.05) is 10.0 Å². The molecule has 3 nitrogen and oxygen atoms in total. The predicted octanol–water partition coefficient (Wildman–Crippen LogP) is 4.17. The molecule has 0 spiro atoms. The largest absolute Gasteiger partial charge is 0.389 e. The fraction of sp³-hybridized carbons (Fsp3) is 0.231. The molecule has 7 heteroatoms. The summed E-state index contributed by atoms with van der Waals surface area (Å²) in [4.78, 5) is 8.81. The first kappa shape index (κ1) is 15.6. The van der Waals surface area contributed by atoms with Gasteiger partial charge in [-0.3, -0.25) is 4.57 Å². The molecule has 2 aromatic carbocycles. The number of aliphatic hydroxyl groups excluding tert-OH is 1. The Morgan fingerprint density at radius 3 is 2.45 bits per heavy atom. The van der Waals surface area contributed by atoms with Gasteiger partial charge in [-0.15, -0.1) is 0 Å². The van der Waals surface area contributed by atoms with Crippen molar-refractivity contribution >= 4 is 34.7 Å². The van der Waals surface area contributed by atoms with Crippen molar-refractivity contribution in [2.24, 2.45) is 0 Å². The highest BCUT2D eigenvalue weighted by atomic mass is 79.9. The average Bonchev–Trinajstić information content (AvgIpc) is 2.36. The van der Waals surface area contributed by atoms with Crippen LogP contribution >= 0.6 is 24.0 Å². The van der Waals surface area contributed by atoms with Crippen LogP contribution in [0.1, 0.15) is 24.2 Å². The summed E-state index contributed by atoms with van der Waals surface area (Å²) in [6, 6.07) is 7.62. The highest BCUT2D eigenvalue weighted by Crippen LogP contribution is 2.50. The number of rotatable bonds is 3. The van der Waals surface area contributed by atoms with Crippen molar-refractivity contribution in [2.45, 2.75) is 18.7 Å². The third kappa shape index (κ3) is 2.79. The number of halogens is 3. The molecule has 2 aromatic rings. The van der Waals surface area contributed by atoms with Gasteiger partial charge in [-0.2, -0.15) is 8.78 Å². The van der Waals surface area contributed by atoms with Gasteiger partial charge in [0.1, 0.15) is 0 Å². The number of hydrogen-bond acceptors (Lipinski definition) is 2. The molecule has 0 radical (unpaired) electrons. The van der Waals surface area contributed by atoms with E-state index in [1.165, 1.54) is 12.1 Å². The standard InChI is InChI=1S/C13H12BrF2O3P/c1-7(17)8-2-3-9-6-12(14)11(5-10(9)4-8)13(15,16)20(18)19/h2-7,17,20H,1H3,(H,18,19). The number of fused-ring (bicyclic) bond motifs is 1. The monoisotopic (exact) mass is 364 g/mol. The molecule has 0 heterocycles. The van der Waals surface area contributed by atoms with Crippen molar-refractivity contribution in [3.05, 3.63) is 45.9 Å². The summed E-state index contributed by atoms with van der Waals surface area (Å²) in [7, 11) is -4.04. The van der Waals surface area contributed by atoms with Crippen LogP contribution in [0.2, 0.25) is 0 Å². The summed E-state index contributed by atoms with van der Waals surface area (Å²) in [5.41, 5.74) is -3.73. The van der Waals surface area contributed by atoms with Gasteiger partial charge < -0.3 is 10.00 Å². The predicted molar refractivity (Wildman–Crippen MR) is 77.4 cm³/mol. The maximum atomic E-state index is 13.7. The van der Waals surface area contributed by atoms with E-state index in [0.29, 0.717) is 16.3 Å². The first-order valence-corrected chi connectivity index (χ1v) is 7.91. The van der Waals surface area contributed by atoms with E-state index in [9.17, 15) is 18.5 Å². The van der Waals surface area contributed by atoms with E-state index in [0.717, 1.165) is 0 Å². The Kier molecular flexibility index (Phi) is 4.30. The Morgan fingerprint density at radius 2 is 1.90 bits per heavy atom. The average molecular weight is 365 g/mol. The van der Waals surface area contributed by atoms with Gasteiger partial charge in [-0.1, -0.05) is 28.1 Å². The fourth-order valence-corrected chi connectivity index (χ4v) is 3.13. The molecule has 108 valence electrons. The zero-order chi connectivity index (χ0) is 15.1. The fourth-order valence-electron chi connectivity index (χ4n) is 1.90. The van der Waals surface area contributed by atoms with E-state index in [4.69, 9.17) is 4.89 Å². The van der Waals surface area contributed by atoms with Gasteiger partial charge in [0.15, 0.2) is 0 Å². The van der Waals surface area contributed by atoms with Crippen LogP contribution < -0.4 is 0 Å². The molecule has 0 fully saturated rings. The van der Waals surface area contributed by atoms with Gasteiger partial charge >= 0.3 is 5.66 Å². The van der Waals surface area contributed by atoms with Crippen molar-refractivity contribution in [3.63, 3.8) is 0 Å². The van der Waals surface area contributed by atoms with Gasteiger partial charge in [0.2, 0.25) is 0 Å². The van der Waals surface area contributed by atoms with Crippen LogP contribution in [-0.2, 0) is 10.2 Å². The normalized spacial score (nSPS) is 15.3. The Hall–Kier alpha value is -0.810. The Morgan fingerprint density at radius 1 is 1.25 bits per heavy atom. The Bertz CT molecular complexity index is 689. The van der Waals surface area contributed by atoms with E-state index in [1.807, 2.05) is 0 Å². The van der Waals surface area contributed by atoms with Crippen molar-refractivity contribution in [1.82, 2.24) is 0 Å². The molecule has 2 unspecified atom stereocenters. The zero-order valence-corrected chi connectivity index (χ0v) is 13.0. The maximum Gasteiger partial charge on any atom is 0.344 e. The summed E-state index contributed by atoms with van der Waals surface area (Å²) in [6.45, 7) is 1.57. The molecule has 0 aliphatic carbocycles. The molecule has 0 amide bonds.